The van der Waals surface area contributed by atoms with Crippen molar-refractivity contribution < 1.29 is 0 Å². The third kappa shape index (κ3) is 3.45. The lowest BCUT2D eigenvalue weighted by molar-refractivity contribution is 0.0190. The van der Waals surface area contributed by atoms with E-state index in [0.717, 1.165) is 47.3 Å². The molecule has 4 aliphatic carbocycles. The Balaban J connectivity index is 1.39. The molecule has 24 heavy (non-hydrogen) atoms. The predicted octanol–water partition coefficient (Wildman–Crippen LogP) is 7.47. The maximum Gasteiger partial charge on any atom is -0.0355 e. The Hall–Kier alpha value is 0. The monoisotopic (exact) mass is 330 g/mol. The molecule has 0 aromatic heterocycles. The van der Waals surface area contributed by atoms with Gasteiger partial charge >= 0.3 is 0 Å². The Morgan fingerprint density at radius 2 is 1.21 bits per heavy atom. The zero-order valence-corrected chi connectivity index (χ0v) is 16.5. The quantitative estimate of drug-likeness (QED) is 0.503. The molecule has 0 N–H and O–H groups in total. The smallest absolute Gasteiger partial charge is 0.0355 e. The fourth-order valence-corrected chi connectivity index (χ4v) is 7.85. The predicted molar refractivity (Wildman–Crippen MR) is 104 cm³/mol. The van der Waals surface area contributed by atoms with E-state index in [-0.39, 0.29) is 0 Å². The Bertz CT molecular complexity index is 397. The van der Waals surface area contributed by atoms with Crippen molar-refractivity contribution in [1.29, 1.82) is 0 Å². The molecular formula is C24H42. The fraction of sp³-hybridized carbons (Fsp3) is 1.00. The van der Waals surface area contributed by atoms with Crippen LogP contribution in [0.5, 0.6) is 0 Å². The molecule has 4 rings (SSSR count). The van der Waals surface area contributed by atoms with Crippen LogP contribution in [0.1, 0.15) is 104 Å². The van der Waals surface area contributed by atoms with Gasteiger partial charge in [-0.15, -0.1) is 0 Å². The third-order valence-electron chi connectivity index (χ3n) is 9.46. The maximum absolute atomic E-state index is 2.67. The van der Waals surface area contributed by atoms with Gasteiger partial charge in [0.05, 0.1) is 0 Å². The minimum atomic E-state index is 0.985. The molecule has 4 fully saturated rings. The summed E-state index contributed by atoms with van der Waals surface area (Å²) in [5.74, 6) is 8.55. The minimum Gasteiger partial charge on any atom is -0.0620 e. The Labute approximate surface area is 151 Å². The van der Waals surface area contributed by atoms with Crippen LogP contribution >= 0.6 is 0 Å². The van der Waals surface area contributed by atoms with Gasteiger partial charge in [0.1, 0.15) is 0 Å². The molecule has 0 amide bonds. The molecule has 0 heteroatoms. The molecular weight excluding hydrogens is 288 g/mol. The highest BCUT2D eigenvalue weighted by molar-refractivity contribution is 4.92. The zero-order valence-electron chi connectivity index (χ0n) is 16.5. The average molecular weight is 331 g/mol. The van der Waals surface area contributed by atoms with E-state index in [1.54, 1.807) is 57.8 Å². The van der Waals surface area contributed by atoms with Gasteiger partial charge in [-0.1, -0.05) is 71.6 Å². The summed E-state index contributed by atoms with van der Waals surface area (Å²) in [4.78, 5) is 0. The van der Waals surface area contributed by atoms with E-state index in [9.17, 15) is 0 Å². The minimum absolute atomic E-state index is 0.985. The number of hydrogen-bond donors (Lipinski definition) is 0. The van der Waals surface area contributed by atoms with Crippen LogP contribution < -0.4 is 0 Å². The van der Waals surface area contributed by atoms with Crippen molar-refractivity contribution in [2.75, 3.05) is 0 Å². The summed E-state index contributed by atoms with van der Waals surface area (Å²) in [6.07, 6.45) is 21.8. The van der Waals surface area contributed by atoms with Crippen molar-refractivity contribution in [3.63, 3.8) is 0 Å². The van der Waals surface area contributed by atoms with Gasteiger partial charge in [0.25, 0.3) is 0 Å². The zero-order chi connectivity index (χ0) is 16.5. The van der Waals surface area contributed by atoms with Gasteiger partial charge in [0.2, 0.25) is 0 Å². The summed E-state index contributed by atoms with van der Waals surface area (Å²) in [5.41, 5.74) is 0. The van der Waals surface area contributed by atoms with Crippen molar-refractivity contribution in [2.45, 2.75) is 104 Å². The molecule has 4 saturated carbocycles. The van der Waals surface area contributed by atoms with Crippen molar-refractivity contribution in [1.82, 2.24) is 0 Å². The van der Waals surface area contributed by atoms with Crippen LogP contribution in [-0.2, 0) is 0 Å². The first kappa shape index (κ1) is 17.4. The summed E-state index contributed by atoms with van der Waals surface area (Å²) in [6, 6.07) is 0. The summed E-state index contributed by atoms with van der Waals surface area (Å²) >= 11 is 0. The van der Waals surface area contributed by atoms with Gasteiger partial charge in [-0.25, -0.2) is 0 Å². The molecule has 4 aliphatic rings. The fourth-order valence-electron chi connectivity index (χ4n) is 7.85. The first-order chi connectivity index (χ1) is 11.7. The Kier molecular flexibility index (Phi) is 5.59. The SMILES string of the molecule is CC(C1CCC2CCCCC2C1)C(C)C1CCCC2CCCCC21. The second-order valence-electron chi connectivity index (χ2n) is 10.4. The summed E-state index contributed by atoms with van der Waals surface area (Å²) < 4.78 is 0. The first-order valence-corrected chi connectivity index (χ1v) is 11.7. The summed E-state index contributed by atoms with van der Waals surface area (Å²) in [6.45, 7) is 5.32. The molecule has 0 heterocycles. The van der Waals surface area contributed by atoms with Crippen LogP contribution in [0.15, 0.2) is 0 Å². The van der Waals surface area contributed by atoms with E-state index < -0.39 is 0 Å². The molecule has 0 bridgehead atoms. The maximum atomic E-state index is 2.67. The highest BCUT2D eigenvalue weighted by atomic mass is 14.5. The lowest BCUT2D eigenvalue weighted by Gasteiger charge is -2.48. The van der Waals surface area contributed by atoms with E-state index in [0.29, 0.717) is 0 Å². The topological polar surface area (TPSA) is 0 Å². The molecule has 0 aromatic carbocycles. The lowest BCUT2D eigenvalue weighted by atomic mass is 9.57. The van der Waals surface area contributed by atoms with Crippen molar-refractivity contribution in [3.8, 4) is 0 Å². The van der Waals surface area contributed by atoms with Gasteiger partial charge < -0.3 is 0 Å². The Morgan fingerprint density at radius 3 is 2.04 bits per heavy atom. The number of fused-ring (bicyclic) bond motifs is 2. The molecule has 0 saturated heterocycles. The van der Waals surface area contributed by atoms with Gasteiger partial charge in [0, 0.05) is 0 Å². The van der Waals surface area contributed by atoms with Crippen LogP contribution in [0.25, 0.3) is 0 Å². The molecule has 138 valence electrons. The highest BCUT2D eigenvalue weighted by Crippen LogP contribution is 2.51. The van der Waals surface area contributed by atoms with E-state index in [2.05, 4.69) is 13.8 Å². The summed E-state index contributed by atoms with van der Waals surface area (Å²) in [7, 11) is 0. The van der Waals surface area contributed by atoms with E-state index in [1.165, 1.54) is 32.1 Å². The molecule has 0 spiro atoms. The molecule has 0 radical (unpaired) electrons. The van der Waals surface area contributed by atoms with Crippen molar-refractivity contribution in [2.24, 2.45) is 47.3 Å². The van der Waals surface area contributed by atoms with Crippen LogP contribution in [0.2, 0.25) is 0 Å². The Morgan fingerprint density at radius 1 is 0.542 bits per heavy atom. The molecule has 8 atom stereocenters. The van der Waals surface area contributed by atoms with Gasteiger partial charge in [-0.3, -0.25) is 0 Å². The average Bonchev–Trinajstić information content (AvgIpc) is 2.66. The van der Waals surface area contributed by atoms with E-state index in [4.69, 9.17) is 0 Å². The second-order valence-corrected chi connectivity index (χ2v) is 10.4. The van der Waals surface area contributed by atoms with Gasteiger partial charge in [-0.05, 0) is 79.4 Å². The largest absolute Gasteiger partial charge is 0.0620 e. The normalized spacial score (nSPS) is 45.8. The van der Waals surface area contributed by atoms with Crippen LogP contribution in [-0.4, -0.2) is 0 Å². The molecule has 8 unspecified atom stereocenters. The molecule has 0 nitrogen and oxygen atoms in total. The molecule has 0 aliphatic heterocycles. The van der Waals surface area contributed by atoms with Crippen molar-refractivity contribution in [3.05, 3.63) is 0 Å². The van der Waals surface area contributed by atoms with Crippen LogP contribution in [0.4, 0.5) is 0 Å². The molecule has 0 aromatic rings. The van der Waals surface area contributed by atoms with Crippen LogP contribution in [0, 0.1) is 47.3 Å². The standard InChI is InChI=1S/C24H42/c1-17(21-15-14-19-8-3-4-10-22(19)16-21)18(2)23-13-7-11-20-9-5-6-12-24(20)23/h17-24H,3-16H2,1-2H3. The highest BCUT2D eigenvalue weighted by Gasteiger charge is 2.41. The number of hydrogen-bond acceptors (Lipinski definition) is 0. The number of rotatable bonds is 3. The summed E-state index contributed by atoms with van der Waals surface area (Å²) in [5, 5.41) is 0. The second kappa shape index (κ2) is 7.71. The lowest BCUT2D eigenvalue weighted by Crippen LogP contribution is -2.39. The first-order valence-electron chi connectivity index (χ1n) is 11.7. The van der Waals surface area contributed by atoms with Gasteiger partial charge in [0.15, 0.2) is 0 Å². The van der Waals surface area contributed by atoms with Gasteiger partial charge in [-0.2, -0.15) is 0 Å². The third-order valence-corrected chi connectivity index (χ3v) is 9.46. The van der Waals surface area contributed by atoms with E-state index >= 15 is 0 Å². The van der Waals surface area contributed by atoms with Crippen LogP contribution in [0.3, 0.4) is 0 Å². The van der Waals surface area contributed by atoms with Crippen molar-refractivity contribution >= 4 is 0 Å². The van der Waals surface area contributed by atoms with E-state index in [1.807, 2.05) is 0 Å².